The second-order valence-corrected chi connectivity index (χ2v) is 6.97. The number of hydrogen-bond donors (Lipinski definition) is 0. The van der Waals surface area contributed by atoms with E-state index < -0.39 is 0 Å². The third-order valence-electron chi connectivity index (χ3n) is 3.91. The number of rotatable bonds is 3. The zero-order chi connectivity index (χ0) is 16.4. The minimum absolute atomic E-state index is 0.361. The van der Waals surface area contributed by atoms with Gasteiger partial charge in [-0.15, -0.1) is 11.3 Å². The molecule has 1 heterocycles. The number of nitrogens with zero attached hydrogens (tertiary/aromatic N) is 2. The minimum atomic E-state index is 0.361. The highest BCUT2D eigenvalue weighted by molar-refractivity contribution is 7.07. The molecule has 23 heavy (non-hydrogen) atoms. The molecule has 118 valence electrons. The Hall–Kier alpha value is -2.13. The van der Waals surface area contributed by atoms with Gasteiger partial charge in [-0.3, -0.25) is 0 Å². The average Bonchev–Trinajstić information content (AvgIpc) is 2.95. The van der Waals surface area contributed by atoms with E-state index in [2.05, 4.69) is 86.2 Å². The van der Waals surface area contributed by atoms with Gasteiger partial charge in [-0.2, -0.15) is 0 Å². The fourth-order valence-corrected chi connectivity index (χ4v) is 3.70. The monoisotopic (exact) mass is 322 g/mol. The lowest BCUT2D eigenvalue weighted by atomic mass is 10.1. The van der Waals surface area contributed by atoms with E-state index in [9.17, 15) is 0 Å². The lowest BCUT2D eigenvalue weighted by Gasteiger charge is -2.13. The first-order valence-corrected chi connectivity index (χ1v) is 8.81. The Labute approximate surface area is 141 Å². The summed E-state index contributed by atoms with van der Waals surface area (Å²) in [6, 6.07) is 17.3. The molecule has 0 saturated heterocycles. The van der Waals surface area contributed by atoms with Crippen molar-refractivity contribution in [3.63, 3.8) is 0 Å². The van der Waals surface area contributed by atoms with Crippen LogP contribution in [0.1, 0.15) is 31.0 Å². The molecule has 3 heteroatoms. The van der Waals surface area contributed by atoms with Gasteiger partial charge in [0.2, 0.25) is 0 Å². The fourth-order valence-electron chi connectivity index (χ4n) is 2.66. The van der Waals surface area contributed by atoms with Crippen LogP contribution in [0.3, 0.4) is 0 Å². The van der Waals surface area contributed by atoms with E-state index in [4.69, 9.17) is 4.99 Å². The summed E-state index contributed by atoms with van der Waals surface area (Å²) in [4.78, 5) is 6.00. The van der Waals surface area contributed by atoms with Gasteiger partial charge in [-0.25, -0.2) is 4.99 Å². The summed E-state index contributed by atoms with van der Waals surface area (Å²) in [5, 5.41) is 2.21. The number of hydrogen-bond acceptors (Lipinski definition) is 2. The number of thiazole rings is 1. The Morgan fingerprint density at radius 3 is 2.43 bits per heavy atom. The summed E-state index contributed by atoms with van der Waals surface area (Å²) in [6.45, 7) is 8.64. The highest BCUT2D eigenvalue weighted by Gasteiger charge is 2.11. The second-order valence-electron chi connectivity index (χ2n) is 6.14. The van der Waals surface area contributed by atoms with Crippen molar-refractivity contribution in [3.05, 3.63) is 69.8 Å². The molecule has 3 rings (SSSR count). The Morgan fingerprint density at radius 1 is 1.00 bits per heavy atom. The van der Waals surface area contributed by atoms with Crippen molar-refractivity contribution in [1.29, 1.82) is 0 Å². The number of aryl methyl sites for hydroxylation is 2. The molecule has 0 saturated carbocycles. The largest absolute Gasteiger partial charge is 0.314 e. The van der Waals surface area contributed by atoms with Crippen LogP contribution in [0.4, 0.5) is 5.69 Å². The zero-order valence-corrected chi connectivity index (χ0v) is 14.9. The molecule has 0 aliphatic carbocycles. The van der Waals surface area contributed by atoms with Gasteiger partial charge in [0.05, 0.1) is 11.4 Å². The molecule has 0 unspecified atom stereocenters. The molecule has 2 nitrogen and oxygen atoms in total. The first-order valence-electron chi connectivity index (χ1n) is 7.93. The molecule has 0 radical (unpaired) electrons. The van der Waals surface area contributed by atoms with Crippen LogP contribution >= 0.6 is 11.3 Å². The Balaban J connectivity index is 2.19. The molecule has 3 aromatic rings. The summed E-state index contributed by atoms with van der Waals surface area (Å²) in [5.41, 5.74) is 5.97. The van der Waals surface area contributed by atoms with Crippen LogP contribution in [0.2, 0.25) is 0 Å². The van der Waals surface area contributed by atoms with E-state index in [0.717, 1.165) is 10.5 Å². The Bertz CT molecular complexity index is 870. The standard InChI is InChI=1S/C20H22N2S/c1-14(2)22-19(17-8-6-5-7-9-17)13-23-20(22)21-18-12-15(3)10-11-16(18)4/h5-14H,1-4H3. The Kier molecular flexibility index (Phi) is 4.49. The van der Waals surface area contributed by atoms with E-state index in [1.54, 1.807) is 11.3 Å². The molecule has 0 aliphatic heterocycles. The second kappa shape index (κ2) is 6.55. The summed E-state index contributed by atoms with van der Waals surface area (Å²) in [5.74, 6) is 0. The highest BCUT2D eigenvalue weighted by atomic mass is 32.1. The van der Waals surface area contributed by atoms with Gasteiger partial charge in [0.25, 0.3) is 0 Å². The lowest BCUT2D eigenvalue weighted by Crippen LogP contribution is -2.17. The molecule has 2 aromatic carbocycles. The molecule has 0 atom stereocenters. The molecule has 0 N–H and O–H groups in total. The van der Waals surface area contributed by atoms with E-state index in [0.29, 0.717) is 6.04 Å². The highest BCUT2D eigenvalue weighted by Crippen LogP contribution is 2.24. The van der Waals surface area contributed by atoms with Gasteiger partial charge in [-0.1, -0.05) is 42.5 Å². The third-order valence-corrected chi connectivity index (χ3v) is 4.75. The maximum atomic E-state index is 4.95. The Morgan fingerprint density at radius 2 is 1.74 bits per heavy atom. The van der Waals surface area contributed by atoms with Crippen molar-refractivity contribution in [2.75, 3.05) is 0 Å². The van der Waals surface area contributed by atoms with Gasteiger partial charge in [0.1, 0.15) is 0 Å². The SMILES string of the molecule is Cc1ccc(C)c(N=c2scc(-c3ccccc3)n2C(C)C)c1. The van der Waals surface area contributed by atoms with E-state index in [1.807, 2.05) is 0 Å². The van der Waals surface area contributed by atoms with Crippen LogP contribution in [0.15, 0.2) is 58.9 Å². The summed E-state index contributed by atoms with van der Waals surface area (Å²) in [7, 11) is 0. The van der Waals surface area contributed by atoms with Gasteiger partial charge < -0.3 is 4.57 Å². The van der Waals surface area contributed by atoms with Gasteiger partial charge in [0, 0.05) is 11.4 Å². The lowest BCUT2D eigenvalue weighted by molar-refractivity contribution is 0.591. The van der Waals surface area contributed by atoms with Crippen molar-refractivity contribution in [1.82, 2.24) is 4.57 Å². The van der Waals surface area contributed by atoms with Crippen LogP contribution in [-0.2, 0) is 0 Å². The first-order chi connectivity index (χ1) is 11.1. The quantitative estimate of drug-likeness (QED) is 0.593. The zero-order valence-electron chi connectivity index (χ0n) is 14.1. The molecule has 0 fully saturated rings. The summed E-state index contributed by atoms with van der Waals surface area (Å²) < 4.78 is 2.32. The molecular weight excluding hydrogens is 300 g/mol. The van der Waals surface area contributed by atoms with E-state index >= 15 is 0 Å². The molecule has 0 aliphatic rings. The van der Waals surface area contributed by atoms with Gasteiger partial charge >= 0.3 is 0 Å². The minimum Gasteiger partial charge on any atom is -0.314 e. The molecule has 0 amide bonds. The van der Waals surface area contributed by atoms with Crippen LogP contribution in [0.25, 0.3) is 11.3 Å². The van der Waals surface area contributed by atoms with Crippen molar-refractivity contribution >= 4 is 17.0 Å². The maximum Gasteiger partial charge on any atom is 0.190 e. The molecule has 1 aromatic heterocycles. The maximum absolute atomic E-state index is 4.95. The van der Waals surface area contributed by atoms with E-state index in [1.165, 1.54) is 22.4 Å². The fraction of sp³-hybridized carbons (Fsp3) is 0.250. The van der Waals surface area contributed by atoms with Crippen molar-refractivity contribution in [2.45, 2.75) is 33.7 Å². The van der Waals surface area contributed by atoms with Crippen molar-refractivity contribution < 1.29 is 0 Å². The molecular formula is C20H22N2S. The normalized spacial score (nSPS) is 12.1. The smallest absolute Gasteiger partial charge is 0.190 e. The first kappa shape index (κ1) is 15.8. The van der Waals surface area contributed by atoms with Crippen molar-refractivity contribution in [3.8, 4) is 11.3 Å². The molecule has 0 spiro atoms. The van der Waals surface area contributed by atoms with Crippen LogP contribution < -0.4 is 4.80 Å². The predicted molar refractivity (Wildman–Crippen MR) is 99.3 cm³/mol. The van der Waals surface area contributed by atoms with Gasteiger partial charge in [-0.05, 0) is 50.5 Å². The number of benzene rings is 2. The van der Waals surface area contributed by atoms with Crippen molar-refractivity contribution in [2.24, 2.45) is 4.99 Å². The summed E-state index contributed by atoms with van der Waals surface area (Å²) >= 11 is 1.71. The van der Waals surface area contributed by atoms with Gasteiger partial charge in [0.15, 0.2) is 4.80 Å². The van der Waals surface area contributed by atoms with Crippen LogP contribution in [0.5, 0.6) is 0 Å². The average molecular weight is 322 g/mol. The summed E-state index contributed by atoms with van der Waals surface area (Å²) in [6.07, 6.45) is 0. The topological polar surface area (TPSA) is 17.3 Å². The van der Waals surface area contributed by atoms with E-state index in [-0.39, 0.29) is 0 Å². The third kappa shape index (κ3) is 3.30. The van der Waals surface area contributed by atoms with Crippen LogP contribution in [-0.4, -0.2) is 4.57 Å². The van der Waals surface area contributed by atoms with Crippen LogP contribution in [0, 0.1) is 13.8 Å². The molecule has 0 bridgehead atoms. The number of aromatic nitrogens is 1. The predicted octanol–water partition coefficient (Wildman–Crippen LogP) is 5.65.